The fourth-order valence-corrected chi connectivity index (χ4v) is 4.78. The lowest BCUT2D eigenvalue weighted by Gasteiger charge is -2.29. The Bertz CT molecular complexity index is 1260. The van der Waals surface area contributed by atoms with Gasteiger partial charge in [0.2, 0.25) is 29.5 Å². The number of aliphatic imine (C=N–C) groups is 2. The number of amides is 5. The third-order valence-corrected chi connectivity index (χ3v) is 8.60. The molecule has 21 heteroatoms. The summed E-state index contributed by atoms with van der Waals surface area (Å²) < 4.78 is 0. The molecule has 0 radical (unpaired) electrons. The molecule has 5 amide bonds. The van der Waals surface area contributed by atoms with E-state index in [4.69, 9.17) is 28.7 Å². The van der Waals surface area contributed by atoms with Gasteiger partial charge in [-0.1, -0.05) is 40.5 Å². The van der Waals surface area contributed by atoms with Crippen LogP contribution < -0.4 is 55.3 Å². The molecule has 0 rings (SSSR count). The molecule has 52 heavy (non-hydrogen) atoms. The van der Waals surface area contributed by atoms with Gasteiger partial charge in [-0.3, -0.25) is 38.8 Å². The van der Waals surface area contributed by atoms with E-state index in [0.29, 0.717) is 19.1 Å². The zero-order chi connectivity index (χ0) is 40.0. The number of nitrogens with two attached hydrogens (primary N) is 5. The van der Waals surface area contributed by atoms with Crippen molar-refractivity contribution in [2.75, 3.05) is 18.8 Å². The number of carbonyl (C=O) groups is 7. The van der Waals surface area contributed by atoms with Gasteiger partial charge in [-0.2, -0.15) is 12.6 Å². The van der Waals surface area contributed by atoms with E-state index in [9.17, 15) is 38.7 Å². The van der Waals surface area contributed by atoms with Gasteiger partial charge in [-0.05, 0) is 37.5 Å². The second kappa shape index (κ2) is 25.3. The maximum absolute atomic E-state index is 13.8. The van der Waals surface area contributed by atoms with Crippen molar-refractivity contribution in [1.82, 2.24) is 26.6 Å². The second-order valence-corrected chi connectivity index (χ2v) is 12.8. The molecule has 0 aromatic heterocycles. The zero-order valence-corrected chi connectivity index (χ0v) is 31.2. The Labute approximate surface area is 309 Å². The highest BCUT2D eigenvalue weighted by molar-refractivity contribution is 7.80. The standard InChI is InChI=1S/C31H58N12O8S/c1-5-16(3)23(32)28(50)42-21(13-22(45)46)27(49)40-20(10-8-12-38-31(35)36)26(48)43-24(17(4)6-2)29(51)41-19(9-7-11-37-30(33)34)25(47)39-18(14-44)15-52/h14,16-21,23-24,52H,5-13,15,32H2,1-4H3,(H,39,47)(H,40,49)(H,41,51)(H,42,50)(H,43,48)(H,45,46)(H4,33,34,37)(H4,35,36,38)/t16-,17-,18+,19-,20-,21-,23-,24-/m0/s1. The van der Waals surface area contributed by atoms with E-state index < -0.39 is 84.1 Å². The van der Waals surface area contributed by atoms with E-state index in [1.165, 1.54) is 0 Å². The molecule has 0 saturated heterocycles. The summed E-state index contributed by atoms with van der Waals surface area (Å²) in [6, 6.07) is -7.28. The van der Waals surface area contributed by atoms with Crippen LogP contribution in [0.1, 0.15) is 72.6 Å². The highest BCUT2D eigenvalue weighted by atomic mass is 32.1. The zero-order valence-electron chi connectivity index (χ0n) is 30.3. The van der Waals surface area contributed by atoms with E-state index in [2.05, 4.69) is 49.2 Å². The Morgan fingerprint density at radius 3 is 1.56 bits per heavy atom. The highest BCUT2D eigenvalue weighted by Crippen LogP contribution is 2.12. The number of guanidine groups is 2. The molecule has 0 bridgehead atoms. The molecule has 0 heterocycles. The lowest BCUT2D eigenvalue weighted by atomic mass is 9.96. The van der Waals surface area contributed by atoms with Crippen molar-refractivity contribution < 1.29 is 38.7 Å². The molecule has 0 aromatic carbocycles. The Hall–Kier alpha value is -4.66. The van der Waals surface area contributed by atoms with Crippen molar-refractivity contribution in [1.29, 1.82) is 0 Å². The van der Waals surface area contributed by atoms with Crippen LogP contribution in [-0.4, -0.2) is 114 Å². The normalized spacial score (nSPS) is 15.4. The van der Waals surface area contributed by atoms with Crippen LogP contribution in [0.3, 0.4) is 0 Å². The summed E-state index contributed by atoms with van der Waals surface area (Å²) in [5, 5.41) is 22.1. The van der Waals surface area contributed by atoms with Crippen LogP contribution in [0.15, 0.2) is 9.98 Å². The van der Waals surface area contributed by atoms with E-state index in [1.807, 2.05) is 6.92 Å². The van der Waals surface area contributed by atoms with E-state index >= 15 is 0 Å². The first-order valence-electron chi connectivity index (χ1n) is 17.1. The van der Waals surface area contributed by atoms with Crippen LogP contribution in [0.2, 0.25) is 0 Å². The number of hydrogen-bond acceptors (Lipinski definition) is 11. The first-order valence-corrected chi connectivity index (χ1v) is 17.7. The lowest BCUT2D eigenvalue weighted by molar-refractivity contribution is -0.141. The predicted octanol–water partition coefficient (Wildman–Crippen LogP) is -3.46. The summed E-state index contributed by atoms with van der Waals surface area (Å²) in [4.78, 5) is 97.5. The third kappa shape index (κ3) is 18.5. The number of nitrogens with zero attached hydrogens (tertiary/aromatic N) is 2. The smallest absolute Gasteiger partial charge is 0.305 e. The number of carboxylic acid groups (broad SMARTS) is 1. The molecular formula is C31H58N12O8S. The highest BCUT2D eigenvalue weighted by Gasteiger charge is 2.34. The Kier molecular flexibility index (Phi) is 23.0. The molecule has 20 nitrogen and oxygen atoms in total. The van der Waals surface area contributed by atoms with Crippen molar-refractivity contribution in [3.63, 3.8) is 0 Å². The summed E-state index contributed by atoms with van der Waals surface area (Å²) >= 11 is 4.04. The van der Waals surface area contributed by atoms with Crippen LogP contribution in [0.25, 0.3) is 0 Å². The van der Waals surface area contributed by atoms with Gasteiger partial charge in [0.15, 0.2) is 11.9 Å². The first kappa shape index (κ1) is 47.3. The first-order chi connectivity index (χ1) is 24.4. The number of aldehydes is 1. The number of rotatable bonds is 26. The SMILES string of the molecule is CC[C@H](C)[C@H](N)C(=O)N[C@@H](CC(=O)O)C(=O)N[C@@H](CCCN=C(N)N)C(=O)N[C@H](C(=O)N[C@@H](CCCN=C(N)N)C(=O)N[C@H](C=O)CS)[C@@H](C)CC. The van der Waals surface area contributed by atoms with Gasteiger partial charge in [0, 0.05) is 18.8 Å². The number of thiol groups is 1. The van der Waals surface area contributed by atoms with Crippen molar-refractivity contribution in [2.24, 2.45) is 50.5 Å². The largest absolute Gasteiger partial charge is 0.481 e. The van der Waals surface area contributed by atoms with Crippen LogP contribution >= 0.6 is 12.6 Å². The molecule has 16 N–H and O–H groups in total. The molecule has 296 valence electrons. The van der Waals surface area contributed by atoms with E-state index in [1.54, 1.807) is 20.8 Å². The van der Waals surface area contributed by atoms with Crippen molar-refractivity contribution in [3.05, 3.63) is 0 Å². The topological polar surface area (TPSA) is 355 Å². The number of carbonyl (C=O) groups excluding carboxylic acids is 6. The second-order valence-electron chi connectivity index (χ2n) is 12.4. The van der Waals surface area contributed by atoms with Crippen LogP contribution in [0.4, 0.5) is 0 Å². The minimum absolute atomic E-state index is 0.00736. The van der Waals surface area contributed by atoms with E-state index in [0.717, 1.165) is 0 Å². The Morgan fingerprint density at radius 2 is 1.13 bits per heavy atom. The fraction of sp³-hybridized carbons (Fsp3) is 0.710. The summed E-state index contributed by atoms with van der Waals surface area (Å²) in [6.07, 6.45) is 1.08. The minimum atomic E-state index is -1.59. The minimum Gasteiger partial charge on any atom is -0.481 e. The van der Waals surface area contributed by atoms with Crippen LogP contribution in [-0.2, 0) is 33.6 Å². The van der Waals surface area contributed by atoms with Gasteiger partial charge in [-0.25, -0.2) is 0 Å². The lowest BCUT2D eigenvalue weighted by Crippen LogP contribution is -2.60. The Balaban J connectivity index is 6.37. The molecule has 8 atom stereocenters. The summed E-state index contributed by atoms with van der Waals surface area (Å²) in [5.41, 5.74) is 27.5. The van der Waals surface area contributed by atoms with Crippen molar-refractivity contribution in [2.45, 2.75) is 109 Å². The molecule has 0 saturated carbocycles. The quantitative estimate of drug-likeness (QED) is 0.0134. The number of carboxylic acids is 1. The van der Waals surface area contributed by atoms with Crippen LogP contribution in [0, 0.1) is 11.8 Å². The average molecular weight is 759 g/mol. The molecule has 0 spiro atoms. The van der Waals surface area contributed by atoms with Gasteiger partial charge in [0.1, 0.15) is 30.5 Å². The fourth-order valence-electron chi connectivity index (χ4n) is 4.60. The predicted molar refractivity (Wildman–Crippen MR) is 199 cm³/mol. The summed E-state index contributed by atoms with van der Waals surface area (Å²) in [7, 11) is 0. The van der Waals surface area contributed by atoms with Crippen LogP contribution in [0.5, 0.6) is 0 Å². The number of hydrogen-bond donors (Lipinski definition) is 12. The maximum atomic E-state index is 13.8. The molecule has 0 aliphatic heterocycles. The molecule has 0 unspecified atom stereocenters. The average Bonchev–Trinajstić information content (AvgIpc) is 3.09. The van der Waals surface area contributed by atoms with Gasteiger partial charge >= 0.3 is 5.97 Å². The molecule has 0 fully saturated rings. The third-order valence-electron chi connectivity index (χ3n) is 8.21. The molecule has 0 aromatic rings. The molecule has 0 aliphatic carbocycles. The number of aliphatic carboxylic acids is 1. The molecular weight excluding hydrogens is 700 g/mol. The van der Waals surface area contributed by atoms with Gasteiger partial charge < -0.3 is 65.2 Å². The number of nitrogens with one attached hydrogen (secondary N) is 5. The Morgan fingerprint density at radius 1 is 0.692 bits per heavy atom. The maximum Gasteiger partial charge on any atom is 0.305 e. The monoisotopic (exact) mass is 758 g/mol. The van der Waals surface area contributed by atoms with Gasteiger partial charge in [0.05, 0.1) is 18.5 Å². The van der Waals surface area contributed by atoms with Gasteiger partial charge in [-0.15, -0.1) is 0 Å². The molecule has 0 aliphatic rings. The van der Waals surface area contributed by atoms with Crippen molar-refractivity contribution in [3.8, 4) is 0 Å². The van der Waals surface area contributed by atoms with Gasteiger partial charge in [0.25, 0.3) is 0 Å². The summed E-state index contributed by atoms with van der Waals surface area (Å²) in [6.45, 7) is 7.21. The summed E-state index contributed by atoms with van der Waals surface area (Å²) in [5.74, 6) is -6.48. The van der Waals surface area contributed by atoms with Crippen molar-refractivity contribution >= 4 is 66.3 Å². The van der Waals surface area contributed by atoms with E-state index in [-0.39, 0.29) is 62.4 Å².